The molecule has 32 heavy (non-hydrogen) atoms. The zero-order valence-electron chi connectivity index (χ0n) is 18.7. The van der Waals surface area contributed by atoms with Gasteiger partial charge in [0.25, 0.3) is 5.91 Å². The number of hydrogen-bond donors (Lipinski definition) is 0. The zero-order chi connectivity index (χ0) is 22.9. The van der Waals surface area contributed by atoms with Crippen LogP contribution >= 0.6 is 0 Å². The number of amides is 1. The Morgan fingerprint density at radius 1 is 1.09 bits per heavy atom. The average Bonchev–Trinajstić information content (AvgIpc) is 3.31. The first-order valence-corrected chi connectivity index (χ1v) is 10.7. The van der Waals surface area contributed by atoms with E-state index in [2.05, 4.69) is 0 Å². The summed E-state index contributed by atoms with van der Waals surface area (Å²) in [6.07, 6.45) is 4.59. The van der Waals surface area contributed by atoms with Crippen LogP contribution in [0.15, 0.2) is 48.5 Å². The number of nitrogens with zero attached hydrogens (tertiary/aromatic N) is 1. The second-order valence-electron chi connectivity index (χ2n) is 7.26. The van der Waals surface area contributed by atoms with E-state index in [1.165, 1.54) is 6.08 Å². The third kappa shape index (κ3) is 5.60. The molecule has 7 nitrogen and oxygen atoms in total. The van der Waals surface area contributed by atoms with E-state index in [1.54, 1.807) is 25.2 Å². The quantitative estimate of drug-likeness (QED) is 0.434. The van der Waals surface area contributed by atoms with Crippen molar-refractivity contribution < 1.29 is 28.5 Å². The van der Waals surface area contributed by atoms with Gasteiger partial charge in [-0.25, -0.2) is 4.79 Å². The summed E-state index contributed by atoms with van der Waals surface area (Å²) >= 11 is 0. The Morgan fingerprint density at radius 3 is 2.66 bits per heavy atom. The molecule has 7 heteroatoms. The van der Waals surface area contributed by atoms with Crippen LogP contribution < -0.4 is 14.2 Å². The van der Waals surface area contributed by atoms with Crippen LogP contribution in [0.2, 0.25) is 0 Å². The number of carbonyl (C=O) groups is 2. The maximum Gasteiger partial charge on any atom is 0.331 e. The summed E-state index contributed by atoms with van der Waals surface area (Å²) in [6, 6.07) is 12.8. The second-order valence-corrected chi connectivity index (χ2v) is 7.26. The fourth-order valence-corrected chi connectivity index (χ4v) is 3.82. The average molecular weight is 440 g/mol. The topological polar surface area (TPSA) is 74.3 Å². The molecule has 0 saturated carbocycles. The van der Waals surface area contributed by atoms with Crippen LogP contribution in [-0.2, 0) is 14.3 Å². The second kappa shape index (κ2) is 11.2. The molecule has 1 heterocycles. The van der Waals surface area contributed by atoms with E-state index >= 15 is 0 Å². The Morgan fingerprint density at radius 2 is 1.91 bits per heavy atom. The van der Waals surface area contributed by atoms with E-state index in [0.717, 1.165) is 24.0 Å². The van der Waals surface area contributed by atoms with E-state index < -0.39 is 5.97 Å². The molecule has 0 aliphatic carbocycles. The SMILES string of the molecule is CCOc1ccccc1/C=C/C(=O)OCC(=O)N1CCCC1c1cc(OC)ccc1OC. The lowest BCUT2D eigenvalue weighted by Gasteiger charge is -2.26. The van der Waals surface area contributed by atoms with Crippen molar-refractivity contribution in [1.82, 2.24) is 4.90 Å². The molecule has 1 saturated heterocycles. The Hall–Kier alpha value is -3.48. The first kappa shape index (κ1) is 23.2. The summed E-state index contributed by atoms with van der Waals surface area (Å²) in [5.41, 5.74) is 1.65. The molecule has 2 aromatic carbocycles. The van der Waals surface area contributed by atoms with E-state index in [9.17, 15) is 9.59 Å². The van der Waals surface area contributed by atoms with Gasteiger partial charge in [-0.05, 0) is 50.1 Å². The van der Waals surface area contributed by atoms with Crippen LogP contribution in [0.1, 0.15) is 36.9 Å². The fourth-order valence-electron chi connectivity index (χ4n) is 3.82. The number of hydrogen-bond acceptors (Lipinski definition) is 6. The lowest BCUT2D eigenvalue weighted by Crippen LogP contribution is -2.34. The molecule has 170 valence electrons. The van der Waals surface area contributed by atoms with Gasteiger partial charge in [-0.3, -0.25) is 4.79 Å². The van der Waals surface area contributed by atoms with Gasteiger partial charge < -0.3 is 23.8 Å². The number of likely N-dealkylation sites (tertiary alicyclic amines) is 1. The lowest BCUT2D eigenvalue weighted by atomic mass is 10.0. The molecule has 1 unspecified atom stereocenters. The number of para-hydroxylation sites is 1. The molecule has 3 rings (SSSR count). The summed E-state index contributed by atoms with van der Waals surface area (Å²) in [5.74, 6) is 1.25. The molecule has 0 aromatic heterocycles. The summed E-state index contributed by atoms with van der Waals surface area (Å²) in [7, 11) is 3.20. The van der Waals surface area contributed by atoms with E-state index in [0.29, 0.717) is 30.4 Å². The van der Waals surface area contributed by atoms with Crippen LogP contribution in [0.5, 0.6) is 17.2 Å². The Balaban J connectivity index is 1.63. The number of rotatable bonds is 9. The molecule has 1 atom stereocenters. The van der Waals surface area contributed by atoms with Gasteiger partial charge in [0.15, 0.2) is 6.61 Å². The van der Waals surface area contributed by atoms with E-state index in [-0.39, 0.29) is 18.6 Å². The van der Waals surface area contributed by atoms with E-state index in [1.807, 2.05) is 49.4 Å². The zero-order valence-corrected chi connectivity index (χ0v) is 18.7. The van der Waals surface area contributed by atoms with Crippen molar-refractivity contribution >= 4 is 18.0 Å². The van der Waals surface area contributed by atoms with Crippen molar-refractivity contribution in [3.05, 3.63) is 59.7 Å². The van der Waals surface area contributed by atoms with Crippen molar-refractivity contribution in [3.8, 4) is 17.2 Å². The lowest BCUT2D eigenvalue weighted by molar-refractivity contribution is -0.148. The Bertz CT molecular complexity index is 971. The van der Waals surface area contributed by atoms with E-state index in [4.69, 9.17) is 18.9 Å². The Labute approximate surface area is 188 Å². The van der Waals surface area contributed by atoms with Crippen LogP contribution in [0, 0.1) is 0 Å². The minimum Gasteiger partial charge on any atom is -0.497 e. The van der Waals surface area contributed by atoms with Crippen molar-refractivity contribution in [3.63, 3.8) is 0 Å². The number of benzene rings is 2. The Kier molecular flexibility index (Phi) is 8.14. The highest BCUT2D eigenvalue weighted by Gasteiger charge is 2.32. The smallest absolute Gasteiger partial charge is 0.331 e. The highest BCUT2D eigenvalue weighted by atomic mass is 16.5. The maximum absolute atomic E-state index is 12.8. The van der Waals surface area contributed by atoms with Gasteiger partial charge in [-0.1, -0.05) is 18.2 Å². The van der Waals surface area contributed by atoms with Crippen LogP contribution in [0.3, 0.4) is 0 Å². The molecule has 1 aliphatic heterocycles. The summed E-state index contributed by atoms with van der Waals surface area (Å²) in [4.78, 5) is 26.8. The molecule has 0 bridgehead atoms. The van der Waals surface area contributed by atoms with Gasteiger partial charge in [-0.2, -0.15) is 0 Å². The van der Waals surface area contributed by atoms with Crippen LogP contribution in [0.4, 0.5) is 0 Å². The van der Waals surface area contributed by atoms with Gasteiger partial charge in [0, 0.05) is 23.7 Å². The fraction of sp³-hybridized carbons (Fsp3) is 0.360. The molecule has 0 radical (unpaired) electrons. The third-order valence-corrected chi connectivity index (χ3v) is 5.32. The first-order chi connectivity index (χ1) is 15.6. The number of methoxy groups -OCH3 is 2. The monoisotopic (exact) mass is 439 g/mol. The highest BCUT2D eigenvalue weighted by molar-refractivity contribution is 5.89. The van der Waals surface area contributed by atoms with Crippen molar-refractivity contribution in [2.45, 2.75) is 25.8 Å². The van der Waals surface area contributed by atoms with Crippen LogP contribution in [0.25, 0.3) is 6.08 Å². The first-order valence-electron chi connectivity index (χ1n) is 10.7. The largest absolute Gasteiger partial charge is 0.497 e. The molecule has 1 fully saturated rings. The van der Waals surface area contributed by atoms with Gasteiger partial charge in [-0.15, -0.1) is 0 Å². The molecule has 0 spiro atoms. The highest BCUT2D eigenvalue weighted by Crippen LogP contribution is 2.38. The van der Waals surface area contributed by atoms with Gasteiger partial charge in [0.1, 0.15) is 17.2 Å². The van der Waals surface area contributed by atoms with Crippen molar-refractivity contribution in [2.24, 2.45) is 0 Å². The molecule has 0 N–H and O–H groups in total. The van der Waals surface area contributed by atoms with Gasteiger partial charge in [0.05, 0.1) is 26.9 Å². The molecule has 2 aromatic rings. The standard InChI is InChI=1S/C25H29NO6/c1-4-31-22-10-6-5-8-18(22)11-14-25(28)32-17-24(27)26-15-7-9-21(26)20-16-19(29-2)12-13-23(20)30-3/h5-6,8,10-14,16,21H,4,7,9,15,17H2,1-3H3/b14-11+. The summed E-state index contributed by atoms with van der Waals surface area (Å²) < 4.78 is 21.6. The van der Waals surface area contributed by atoms with Crippen LogP contribution in [-0.4, -0.2) is 50.8 Å². The molecule has 1 amide bonds. The maximum atomic E-state index is 12.8. The predicted octanol–water partition coefficient (Wildman–Crippen LogP) is 4.02. The summed E-state index contributed by atoms with van der Waals surface area (Å²) in [6.45, 7) is 2.70. The minimum atomic E-state index is -0.584. The predicted molar refractivity (Wildman–Crippen MR) is 121 cm³/mol. The van der Waals surface area contributed by atoms with Gasteiger partial charge >= 0.3 is 5.97 Å². The molecular weight excluding hydrogens is 410 g/mol. The van der Waals surface area contributed by atoms with Gasteiger partial charge in [0.2, 0.25) is 0 Å². The number of ether oxygens (including phenoxy) is 4. The normalized spacial score (nSPS) is 15.6. The van der Waals surface area contributed by atoms with Crippen molar-refractivity contribution in [1.29, 1.82) is 0 Å². The molecule has 1 aliphatic rings. The number of carbonyl (C=O) groups excluding carboxylic acids is 2. The molecular formula is C25H29NO6. The van der Waals surface area contributed by atoms with Crippen molar-refractivity contribution in [2.75, 3.05) is 34.0 Å². The summed E-state index contributed by atoms with van der Waals surface area (Å²) in [5, 5.41) is 0. The minimum absolute atomic E-state index is 0.153. The third-order valence-electron chi connectivity index (χ3n) is 5.32. The number of esters is 1.